The number of aryl methyl sites for hydroxylation is 3. The molecule has 12 atom stereocenters. The highest BCUT2D eigenvalue weighted by atomic mass is 16.6. The van der Waals surface area contributed by atoms with Crippen LogP contribution in [0.1, 0.15) is 159 Å². The summed E-state index contributed by atoms with van der Waals surface area (Å²) >= 11 is 0. The second-order valence-electron chi connectivity index (χ2n) is 29.1. The van der Waals surface area contributed by atoms with Gasteiger partial charge in [0.2, 0.25) is 0 Å². The van der Waals surface area contributed by atoms with Crippen LogP contribution in [0.3, 0.4) is 0 Å². The Kier molecular flexibility index (Phi) is 21.2. The minimum atomic E-state index is -0.639. The van der Waals surface area contributed by atoms with Crippen LogP contribution < -0.4 is 9.47 Å². The third-order valence-corrected chi connectivity index (χ3v) is 22.5. The van der Waals surface area contributed by atoms with Gasteiger partial charge in [0.25, 0.3) is 0 Å². The van der Waals surface area contributed by atoms with Crippen molar-refractivity contribution in [2.75, 3.05) is 73.1 Å². The van der Waals surface area contributed by atoms with Crippen LogP contribution in [0.5, 0.6) is 11.5 Å². The van der Waals surface area contributed by atoms with E-state index in [1.165, 1.54) is 99.0 Å². The zero-order chi connectivity index (χ0) is 63.2. The lowest BCUT2D eigenvalue weighted by atomic mass is 9.66. The molecule has 0 amide bonds. The fourth-order valence-corrected chi connectivity index (χ4v) is 17.5. The molecule has 14 rings (SSSR count). The number of hydrogen-bond acceptors (Lipinski definition) is 13. The van der Waals surface area contributed by atoms with Gasteiger partial charge in [0.1, 0.15) is 12.2 Å². The van der Waals surface area contributed by atoms with E-state index >= 15 is 0 Å². The lowest BCUT2D eigenvalue weighted by Crippen LogP contribution is -2.48. The molecule has 3 saturated carbocycles. The average Bonchev–Trinajstić information content (AvgIpc) is 1.56. The number of aromatic nitrogens is 2. The Labute approximate surface area is 539 Å². The van der Waals surface area contributed by atoms with Crippen LogP contribution in [-0.4, -0.2) is 150 Å². The molecule has 90 heavy (non-hydrogen) atoms. The predicted molar refractivity (Wildman–Crippen MR) is 361 cm³/mol. The number of carbonyl (C=O) groups is 1. The third-order valence-electron chi connectivity index (χ3n) is 22.5. The molecule has 1 N–H and O–H groups in total. The number of nitrogens with zero attached hydrogens (tertiary/aromatic N) is 7. The molecule has 2 spiro atoms. The van der Waals surface area contributed by atoms with Gasteiger partial charge in [-0.05, 0) is 234 Å². The summed E-state index contributed by atoms with van der Waals surface area (Å²) in [5.41, 5.74) is 10.7. The molecule has 0 radical (unpaired) electrons. The number of oxime groups is 1. The highest BCUT2D eigenvalue weighted by Gasteiger charge is 2.56. The van der Waals surface area contributed by atoms with E-state index in [4.69, 9.17) is 19.0 Å². The van der Waals surface area contributed by atoms with Crippen molar-refractivity contribution in [3.05, 3.63) is 131 Å². The number of aliphatic hydroxyl groups excluding tert-OH is 1. The molecule has 5 bridgehead atoms. The molecule has 7 fully saturated rings. The van der Waals surface area contributed by atoms with E-state index < -0.39 is 6.10 Å². The van der Waals surface area contributed by atoms with Crippen molar-refractivity contribution < 1.29 is 28.9 Å². The number of esters is 1. The highest BCUT2D eigenvalue weighted by molar-refractivity contribution is 5.77. The second kappa shape index (κ2) is 29.1. The van der Waals surface area contributed by atoms with E-state index in [1.54, 1.807) is 0 Å². The fraction of sp³-hybridized carbons (Fsp3) is 0.610. The molecular formula is C77H105N7O6. The summed E-state index contributed by atoms with van der Waals surface area (Å²) in [5.74, 6) is 11.6. The zero-order valence-electron chi connectivity index (χ0n) is 55.9. The topological polar surface area (TPSA) is 125 Å². The first kappa shape index (κ1) is 65.8. The molecule has 13 nitrogen and oxygen atoms in total. The van der Waals surface area contributed by atoms with Crippen molar-refractivity contribution in [1.29, 1.82) is 0 Å². The standard InChI is InChI=1S/C27H33NO4.C22H33N3.C17H20N2O.C11H19NO/c1-28-8-7-27-6-2-3-21(29)25(27)32-24-22(5-4-16(14-28)23(24)27)31-26(30)20-13-18-10-15-9-17(18)12-19(20)11-15;1-6-12-19-17-20(15-16-22(4,5)25(7-2)8-3)23-24-21(19)18-13-10-9-11-14-18;1-14-4-2-5-15(10-14)6-3-9-20-18-11-17-13-19-8-7-16(17)12-19;1-9-8-11(13-10(9)2)4-6-12(3)7-5-11/h2-5,15,17-21,25,29H,6-14H2,1H3;9-11,13-14,17H,6-8,12,15-16H2,1-5H3;2,4-5,10-11,16-17H,7-9,12-13H2,1H3;10H,1,4-8H2,2-3H3/b;;18-11+;/t15?,17?,18?,19?,20?,21-,25-,27+;;16-,17?;/m0.1./s1. The first-order valence-corrected chi connectivity index (χ1v) is 34.7. The van der Waals surface area contributed by atoms with Gasteiger partial charge in [-0.15, -0.1) is 5.10 Å². The summed E-state index contributed by atoms with van der Waals surface area (Å²) in [6.07, 6.45) is 22.2. The van der Waals surface area contributed by atoms with Gasteiger partial charge in [-0.25, -0.2) is 0 Å². The van der Waals surface area contributed by atoms with Crippen LogP contribution in [0.25, 0.3) is 11.3 Å². The molecule has 13 heteroatoms. The minimum absolute atomic E-state index is 0.0311. The lowest BCUT2D eigenvalue weighted by Gasteiger charge is -2.38. The van der Waals surface area contributed by atoms with Gasteiger partial charge in [-0.1, -0.05) is 111 Å². The first-order valence-electron chi connectivity index (χ1n) is 34.7. The van der Waals surface area contributed by atoms with Crippen LogP contribution in [0.15, 0.2) is 102 Å². The van der Waals surface area contributed by atoms with E-state index in [1.807, 2.05) is 36.6 Å². The summed E-state index contributed by atoms with van der Waals surface area (Å²) < 4.78 is 18.6. The maximum Gasteiger partial charge on any atom is 0.314 e. The molecular weight excluding hydrogens is 1120 g/mol. The molecule has 4 aliphatic carbocycles. The Hall–Kier alpha value is -5.72. The Morgan fingerprint density at radius 3 is 2.37 bits per heavy atom. The largest absolute Gasteiger partial charge is 0.482 e. The van der Waals surface area contributed by atoms with Gasteiger partial charge in [0.05, 0.1) is 29.0 Å². The van der Waals surface area contributed by atoms with E-state index in [2.05, 4.69) is 171 Å². The third kappa shape index (κ3) is 15.0. The van der Waals surface area contributed by atoms with Crippen molar-refractivity contribution >= 4 is 12.2 Å². The van der Waals surface area contributed by atoms with Crippen molar-refractivity contribution in [3.8, 4) is 34.6 Å². The number of allylic oxidation sites excluding steroid dienone is 1. The van der Waals surface area contributed by atoms with Gasteiger partial charge < -0.3 is 38.9 Å². The van der Waals surface area contributed by atoms with Crippen molar-refractivity contribution in [1.82, 2.24) is 29.8 Å². The summed E-state index contributed by atoms with van der Waals surface area (Å²) in [6, 6.07) is 24.9. The van der Waals surface area contributed by atoms with Gasteiger partial charge >= 0.3 is 5.97 Å². The molecule has 10 aliphatic rings. The van der Waals surface area contributed by atoms with Crippen LogP contribution in [0.4, 0.5) is 0 Å². The number of likely N-dealkylation sites (tertiary alicyclic amines) is 1. The van der Waals surface area contributed by atoms with Crippen molar-refractivity contribution in [2.24, 2.45) is 46.6 Å². The normalized spacial score (nSPS) is 29.8. The van der Waals surface area contributed by atoms with Crippen molar-refractivity contribution in [3.63, 3.8) is 0 Å². The number of aliphatic hydroxyl groups is 1. The molecule has 4 saturated heterocycles. The van der Waals surface area contributed by atoms with Gasteiger partial charge in [0.15, 0.2) is 18.1 Å². The second-order valence-corrected chi connectivity index (χ2v) is 29.1. The Morgan fingerprint density at radius 2 is 1.66 bits per heavy atom. The molecule has 1 aromatic heterocycles. The predicted octanol–water partition coefficient (Wildman–Crippen LogP) is 13.1. The van der Waals surface area contributed by atoms with Crippen molar-refractivity contribution in [2.45, 2.75) is 186 Å². The lowest BCUT2D eigenvalue weighted by molar-refractivity contribution is -0.143. The number of ether oxygens (including phenoxy) is 3. The van der Waals surface area contributed by atoms with Crippen LogP contribution in [0, 0.1) is 60.2 Å². The molecule has 3 aromatic carbocycles. The Balaban J connectivity index is 0.000000129. The Morgan fingerprint density at radius 1 is 0.889 bits per heavy atom. The first-order chi connectivity index (χ1) is 43.4. The molecule has 4 aromatic rings. The van der Waals surface area contributed by atoms with Gasteiger partial charge in [-0.3, -0.25) is 9.69 Å². The van der Waals surface area contributed by atoms with E-state index in [9.17, 15) is 9.90 Å². The SMILES string of the molecule is C=C1CC2(CCN(C)CC2)OC1C.CCCc1cc(CCC(C)(C)N(CC)CC)nnc1-c1ccccc1.CN1CC[C@@]23CC=C[C@H](O)[C@@H]2Oc2c(OC(=O)C4CC5CC6CC5CC4C6)ccc(c23)C1.Cc1cccc(C#CCO/N=C/C2CN3CC[C@@H]2C3)c1. The maximum atomic E-state index is 13.4. The van der Waals surface area contributed by atoms with E-state index in [-0.39, 0.29) is 40.7 Å². The number of rotatable bonds is 14. The van der Waals surface area contributed by atoms with E-state index in [0.29, 0.717) is 29.9 Å². The number of hydrogen-bond donors (Lipinski definition) is 1. The number of piperidine rings is 2. The summed E-state index contributed by atoms with van der Waals surface area (Å²) in [7, 11) is 4.33. The van der Waals surface area contributed by atoms with Gasteiger partial charge in [-0.2, -0.15) is 5.10 Å². The summed E-state index contributed by atoms with van der Waals surface area (Å²) in [5, 5.41) is 24.0. The van der Waals surface area contributed by atoms with Crippen LogP contribution in [-0.2, 0) is 39.2 Å². The molecule has 484 valence electrons. The van der Waals surface area contributed by atoms with E-state index in [0.717, 1.165) is 130 Å². The number of benzene rings is 3. The zero-order valence-corrected chi connectivity index (χ0v) is 55.9. The monoisotopic (exact) mass is 1220 g/mol. The Bertz CT molecular complexity index is 3230. The number of fused-ring (bicyclic) bond motifs is 4. The molecule has 6 aliphatic heterocycles. The molecule has 8 unspecified atom stereocenters. The maximum absolute atomic E-state index is 13.4. The quantitative estimate of drug-likeness (QED) is 0.0246. The average molecular weight is 1220 g/mol. The fourth-order valence-electron chi connectivity index (χ4n) is 17.5. The van der Waals surface area contributed by atoms with Crippen LogP contribution >= 0.6 is 0 Å². The van der Waals surface area contributed by atoms with Gasteiger partial charge in [0, 0.05) is 72.5 Å². The molecule has 7 heterocycles. The number of carbonyl (C=O) groups excluding carboxylic acids is 1. The van der Waals surface area contributed by atoms with Crippen LogP contribution in [0.2, 0.25) is 0 Å². The summed E-state index contributed by atoms with van der Waals surface area (Å²) in [4.78, 5) is 28.4. The smallest absolute Gasteiger partial charge is 0.314 e. The minimum Gasteiger partial charge on any atom is -0.482 e. The summed E-state index contributed by atoms with van der Waals surface area (Å²) in [6.45, 7) is 29.9. The highest BCUT2D eigenvalue weighted by Crippen LogP contribution is 2.59.